The number of methoxy groups -OCH3 is 1. The van der Waals surface area contributed by atoms with E-state index < -0.39 is 6.61 Å². The zero-order valence-corrected chi connectivity index (χ0v) is 16.4. The number of rotatable bonds is 10. The van der Waals surface area contributed by atoms with Crippen molar-refractivity contribution in [2.45, 2.75) is 19.2 Å². The Morgan fingerprint density at radius 3 is 2.57 bits per heavy atom. The van der Waals surface area contributed by atoms with Gasteiger partial charge in [-0.3, -0.25) is 4.79 Å². The molecule has 6 nitrogen and oxygen atoms in total. The van der Waals surface area contributed by atoms with Gasteiger partial charge >= 0.3 is 6.61 Å². The number of quaternary nitrogens is 1. The number of halogens is 2. The number of alkyl halides is 2. The highest BCUT2D eigenvalue weighted by Gasteiger charge is 2.21. The van der Waals surface area contributed by atoms with E-state index in [9.17, 15) is 13.6 Å². The van der Waals surface area contributed by atoms with E-state index in [1.165, 1.54) is 13.2 Å². The fourth-order valence-electron chi connectivity index (χ4n) is 3.06. The van der Waals surface area contributed by atoms with Crippen molar-refractivity contribution in [1.29, 1.82) is 0 Å². The lowest BCUT2D eigenvalue weighted by Gasteiger charge is -2.14. The van der Waals surface area contributed by atoms with Gasteiger partial charge in [0.2, 0.25) is 0 Å². The molecule has 0 unspecified atom stereocenters. The second-order valence-electron chi connectivity index (χ2n) is 6.48. The Bertz CT molecular complexity index is 934. The van der Waals surface area contributed by atoms with Crippen LogP contribution in [0.25, 0.3) is 0 Å². The zero-order chi connectivity index (χ0) is 21.3. The van der Waals surface area contributed by atoms with E-state index in [1.807, 2.05) is 47.8 Å². The van der Waals surface area contributed by atoms with Crippen LogP contribution in [0.4, 0.5) is 8.78 Å². The number of nitrogens with one attached hydrogen (secondary N) is 1. The Morgan fingerprint density at radius 2 is 1.90 bits per heavy atom. The Morgan fingerprint density at radius 1 is 1.10 bits per heavy atom. The van der Waals surface area contributed by atoms with Gasteiger partial charge in [0.15, 0.2) is 29.8 Å². The second kappa shape index (κ2) is 10.4. The SMILES string of the molecule is COc1cc(CNC(=O)C[NH2+][C@@H](c2ccccc2)c2ccco2)ccc1OC(F)F. The normalized spacial score (nSPS) is 11.9. The van der Waals surface area contributed by atoms with Gasteiger partial charge < -0.3 is 24.5 Å². The van der Waals surface area contributed by atoms with Crippen molar-refractivity contribution >= 4 is 5.91 Å². The molecule has 1 heterocycles. The molecule has 8 heteroatoms. The smallest absolute Gasteiger partial charge is 0.387 e. The summed E-state index contributed by atoms with van der Waals surface area (Å²) in [4.78, 5) is 12.4. The lowest BCUT2D eigenvalue weighted by molar-refractivity contribution is -0.678. The molecule has 0 radical (unpaired) electrons. The van der Waals surface area contributed by atoms with Crippen LogP contribution in [0.2, 0.25) is 0 Å². The monoisotopic (exact) mass is 417 g/mol. The molecule has 0 saturated heterocycles. The molecule has 3 aromatic rings. The summed E-state index contributed by atoms with van der Waals surface area (Å²) in [6.07, 6.45) is 1.61. The predicted molar refractivity (Wildman–Crippen MR) is 105 cm³/mol. The molecule has 1 amide bonds. The van der Waals surface area contributed by atoms with Crippen LogP contribution in [0.5, 0.6) is 11.5 Å². The van der Waals surface area contributed by atoms with Crippen LogP contribution in [0.15, 0.2) is 71.3 Å². The first-order valence-corrected chi connectivity index (χ1v) is 9.37. The van der Waals surface area contributed by atoms with Crippen molar-refractivity contribution in [3.8, 4) is 11.5 Å². The number of furan rings is 1. The summed E-state index contributed by atoms with van der Waals surface area (Å²) in [6, 6.07) is 17.9. The molecule has 2 aromatic carbocycles. The summed E-state index contributed by atoms with van der Waals surface area (Å²) in [5.41, 5.74) is 1.73. The summed E-state index contributed by atoms with van der Waals surface area (Å²) in [5.74, 6) is 0.707. The van der Waals surface area contributed by atoms with Crippen LogP contribution in [0.3, 0.4) is 0 Å². The summed E-state index contributed by atoms with van der Waals surface area (Å²) < 4.78 is 39.9. The summed E-state index contributed by atoms with van der Waals surface area (Å²) in [6.45, 7) is -2.52. The van der Waals surface area contributed by atoms with Gasteiger partial charge in [-0.15, -0.1) is 0 Å². The summed E-state index contributed by atoms with van der Waals surface area (Å²) in [5, 5.41) is 4.71. The number of carbonyl (C=O) groups excluding carboxylic acids is 1. The van der Waals surface area contributed by atoms with E-state index in [2.05, 4.69) is 10.1 Å². The molecule has 30 heavy (non-hydrogen) atoms. The quantitative estimate of drug-likeness (QED) is 0.532. The minimum absolute atomic E-state index is 0.0555. The summed E-state index contributed by atoms with van der Waals surface area (Å²) in [7, 11) is 1.36. The third kappa shape index (κ3) is 5.81. The second-order valence-corrected chi connectivity index (χ2v) is 6.48. The van der Waals surface area contributed by atoms with Crippen LogP contribution < -0.4 is 20.1 Å². The molecular formula is C22H23F2N2O4+. The van der Waals surface area contributed by atoms with Gasteiger partial charge in [0.25, 0.3) is 5.91 Å². The summed E-state index contributed by atoms with van der Waals surface area (Å²) >= 11 is 0. The van der Waals surface area contributed by atoms with Crippen molar-refractivity contribution in [1.82, 2.24) is 5.32 Å². The van der Waals surface area contributed by atoms with Crippen LogP contribution >= 0.6 is 0 Å². The van der Waals surface area contributed by atoms with Gasteiger partial charge in [0, 0.05) is 12.1 Å². The predicted octanol–water partition coefficient (Wildman–Crippen LogP) is 2.86. The number of benzene rings is 2. The minimum atomic E-state index is -2.94. The van der Waals surface area contributed by atoms with Crippen LogP contribution in [0, 0.1) is 0 Å². The maximum absolute atomic E-state index is 12.4. The maximum atomic E-state index is 12.4. The molecule has 0 spiro atoms. The first kappa shape index (κ1) is 21.3. The van der Waals surface area contributed by atoms with E-state index in [0.29, 0.717) is 5.56 Å². The lowest BCUT2D eigenvalue weighted by Crippen LogP contribution is -2.87. The van der Waals surface area contributed by atoms with E-state index in [-0.39, 0.29) is 36.5 Å². The zero-order valence-electron chi connectivity index (χ0n) is 16.4. The number of hydrogen-bond acceptors (Lipinski definition) is 4. The molecule has 0 saturated carbocycles. The topological polar surface area (TPSA) is 77.3 Å². The van der Waals surface area contributed by atoms with Gasteiger partial charge in [-0.1, -0.05) is 36.4 Å². The number of ether oxygens (including phenoxy) is 2. The largest absolute Gasteiger partial charge is 0.493 e. The van der Waals surface area contributed by atoms with Crippen molar-refractivity contribution in [2.24, 2.45) is 0 Å². The average molecular weight is 417 g/mol. The van der Waals surface area contributed by atoms with Crippen molar-refractivity contribution in [3.63, 3.8) is 0 Å². The average Bonchev–Trinajstić information content (AvgIpc) is 3.28. The molecule has 158 valence electrons. The van der Waals surface area contributed by atoms with Gasteiger partial charge in [-0.2, -0.15) is 8.78 Å². The maximum Gasteiger partial charge on any atom is 0.387 e. The number of amides is 1. The van der Waals surface area contributed by atoms with Crippen LogP contribution in [-0.2, 0) is 11.3 Å². The minimum Gasteiger partial charge on any atom is -0.493 e. The van der Waals surface area contributed by atoms with Gasteiger partial charge in [-0.05, 0) is 29.8 Å². The highest BCUT2D eigenvalue weighted by molar-refractivity contribution is 5.76. The number of carbonyl (C=O) groups is 1. The molecule has 0 fully saturated rings. The Balaban J connectivity index is 1.57. The molecule has 1 aromatic heterocycles. The highest BCUT2D eigenvalue weighted by atomic mass is 19.3. The van der Waals surface area contributed by atoms with Gasteiger partial charge in [-0.25, -0.2) is 0 Å². The molecule has 3 N–H and O–H groups in total. The highest BCUT2D eigenvalue weighted by Crippen LogP contribution is 2.29. The molecule has 0 aliphatic heterocycles. The number of hydrogen-bond donors (Lipinski definition) is 2. The third-order valence-corrected chi connectivity index (χ3v) is 4.48. The Kier molecular flexibility index (Phi) is 7.40. The fraction of sp³-hybridized carbons (Fsp3) is 0.227. The third-order valence-electron chi connectivity index (χ3n) is 4.48. The first-order chi connectivity index (χ1) is 14.6. The standard InChI is InChI=1S/C22H22F2N2O4/c1-28-19-12-15(9-10-17(19)30-22(23)24)13-25-20(27)14-26-21(18-8-5-11-29-18)16-6-3-2-4-7-16/h2-12,21-22,26H,13-14H2,1H3,(H,25,27)/p+1/t21-/m0/s1. The van der Waals surface area contributed by atoms with E-state index in [4.69, 9.17) is 9.15 Å². The first-order valence-electron chi connectivity index (χ1n) is 9.37. The van der Waals surface area contributed by atoms with Gasteiger partial charge in [0.05, 0.1) is 13.4 Å². The Hall–Kier alpha value is -3.39. The molecular weight excluding hydrogens is 394 g/mol. The van der Waals surface area contributed by atoms with E-state index in [0.717, 1.165) is 11.3 Å². The molecule has 3 rings (SSSR count). The molecule has 1 atom stereocenters. The Labute approximate surface area is 172 Å². The molecule has 0 aliphatic rings. The molecule has 0 aliphatic carbocycles. The van der Waals surface area contributed by atoms with Crippen LogP contribution in [-0.4, -0.2) is 26.2 Å². The van der Waals surface area contributed by atoms with Crippen molar-refractivity contribution in [3.05, 3.63) is 83.8 Å². The van der Waals surface area contributed by atoms with Crippen LogP contribution in [0.1, 0.15) is 22.9 Å². The van der Waals surface area contributed by atoms with E-state index in [1.54, 1.807) is 18.4 Å². The lowest BCUT2D eigenvalue weighted by atomic mass is 10.0. The van der Waals surface area contributed by atoms with Crippen molar-refractivity contribution < 1.29 is 32.8 Å². The van der Waals surface area contributed by atoms with E-state index >= 15 is 0 Å². The fourth-order valence-corrected chi connectivity index (χ4v) is 3.06. The van der Waals surface area contributed by atoms with Gasteiger partial charge in [0.1, 0.15) is 0 Å². The molecule has 0 bridgehead atoms. The van der Waals surface area contributed by atoms with Crippen molar-refractivity contribution in [2.75, 3.05) is 13.7 Å². The number of nitrogens with two attached hydrogens (primary N) is 1.